The number of aromatic amines is 1. The predicted octanol–water partition coefficient (Wildman–Crippen LogP) is 2.95. The Labute approximate surface area is 570 Å². The van der Waals surface area contributed by atoms with Gasteiger partial charge in [-0.3, -0.25) is 57.3 Å². The minimum Gasteiger partial charge on any atom is -0.390 e. The molecule has 31 heteroatoms. The molecule has 0 radical (unpaired) electrons. The summed E-state index contributed by atoms with van der Waals surface area (Å²) in [6, 6.07) is -13.5. The molecule has 7 N–H and O–H groups in total. The lowest BCUT2D eigenvalue weighted by Gasteiger charge is -2.41. The molecule has 12 atom stereocenters. The Bertz CT molecular complexity index is 3290. The molecular formula is C66H109F2N13O15S. The SMILES string of the molecule is CCC1NC(=O)C(C(O)C(C)Cc2nc3c(S(=O)(=O)O)cc(F)c(F)c3[nH]2)N(C)C(=O)C(C(C)C)N(C)C(=O)C(CC(C)C)N(C)C(=O)C(CC(C)C)N(C)C(=O)C(C)NC(=O)C(C)NC(=O)C(CC(C)C)N(C)C(=O)C(C(C)C)NC(=O)C(CC(C)C)N(C)C(=O)CN(C)C1=O. The zero-order valence-corrected chi connectivity index (χ0v) is 61.7. The summed E-state index contributed by atoms with van der Waals surface area (Å²) in [5.74, 6) is -15.6. The van der Waals surface area contributed by atoms with Crippen molar-refractivity contribution in [3.05, 3.63) is 23.5 Å². The van der Waals surface area contributed by atoms with Crippen LogP contribution in [0.2, 0.25) is 0 Å². The molecule has 0 spiro atoms. The first-order valence-electron chi connectivity index (χ1n) is 33.2. The smallest absolute Gasteiger partial charge is 0.296 e. The number of H-pyrrole nitrogens is 1. The molecule has 548 valence electrons. The fourth-order valence-corrected chi connectivity index (χ4v) is 12.7. The van der Waals surface area contributed by atoms with Gasteiger partial charge in [-0.1, -0.05) is 96.9 Å². The number of fused-ring (bicyclic) bond motifs is 1. The highest BCUT2D eigenvalue weighted by Crippen LogP contribution is 2.30. The molecule has 1 aromatic carbocycles. The van der Waals surface area contributed by atoms with Crippen molar-refractivity contribution >= 4 is 86.1 Å². The summed E-state index contributed by atoms with van der Waals surface area (Å²) in [4.78, 5) is 175. The number of carbonyl (C=O) groups excluding carboxylic acids is 11. The molecule has 2 aromatic rings. The third-order valence-corrected chi connectivity index (χ3v) is 18.7. The Morgan fingerprint density at radius 3 is 1.45 bits per heavy atom. The maximum Gasteiger partial charge on any atom is 0.296 e. The molecule has 11 amide bonds. The first-order chi connectivity index (χ1) is 44.6. The summed E-state index contributed by atoms with van der Waals surface area (Å²) in [5, 5.41) is 23.3. The van der Waals surface area contributed by atoms with Crippen molar-refractivity contribution in [2.45, 2.75) is 221 Å². The van der Waals surface area contributed by atoms with Gasteiger partial charge < -0.3 is 65.7 Å². The third-order valence-electron chi connectivity index (χ3n) is 17.8. The molecule has 1 fully saturated rings. The lowest BCUT2D eigenvalue weighted by atomic mass is 9.91. The van der Waals surface area contributed by atoms with E-state index in [2.05, 4.69) is 31.2 Å². The summed E-state index contributed by atoms with van der Waals surface area (Å²) in [7, 11) is 4.10. The number of halogens is 2. The zero-order chi connectivity index (χ0) is 74.6. The topological polar surface area (TPSA) is 362 Å². The van der Waals surface area contributed by atoms with Gasteiger partial charge in [-0.15, -0.1) is 0 Å². The van der Waals surface area contributed by atoms with Gasteiger partial charge in [-0.2, -0.15) is 8.42 Å². The summed E-state index contributed by atoms with van der Waals surface area (Å²) in [5.41, 5.74) is -1.44. The zero-order valence-electron chi connectivity index (χ0n) is 60.9. The van der Waals surface area contributed by atoms with E-state index in [1.165, 1.54) is 91.7 Å². The van der Waals surface area contributed by atoms with Crippen LogP contribution in [0.15, 0.2) is 11.0 Å². The molecule has 3 rings (SSSR count). The van der Waals surface area contributed by atoms with E-state index in [0.717, 1.165) is 19.6 Å². The van der Waals surface area contributed by atoms with E-state index in [1.807, 2.05) is 41.5 Å². The van der Waals surface area contributed by atoms with Crippen molar-refractivity contribution in [3.8, 4) is 0 Å². The average Bonchev–Trinajstić information content (AvgIpc) is 1.60. The van der Waals surface area contributed by atoms with E-state index in [4.69, 9.17) is 0 Å². The molecule has 0 aliphatic carbocycles. The van der Waals surface area contributed by atoms with E-state index in [9.17, 15) is 56.0 Å². The number of imidazole rings is 1. The molecular weight excluding hydrogens is 1280 g/mol. The number of aromatic nitrogens is 2. The largest absolute Gasteiger partial charge is 0.390 e. The predicted molar refractivity (Wildman–Crippen MR) is 359 cm³/mol. The number of aliphatic hydroxyl groups excluding tert-OH is 1. The molecule has 2 heterocycles. The van der Waals surface area contributed by atoms with Gasteiger partial charge in [0.15, 0.2) is 11.6 Å². The van der Waals surface area contributed by atoms with E-state index >= 15 is 23.6 Å². The van der Waals surface area contributed by atoms with Gasteiger partial charge in [0.1, 0.15) is 82.2 Å². The van der Waals surface area contributed by atoms with Crippen LogP contribution < -0.4 is 21.3 Å². The third kappa shape index (κ3) is 21.3. The van der Waals surface area contributed by atoms with E-state index < -0.39 is 200 Å². The van der Waals surface area contributed by atoms with E-state index in [-0.39, 0.29) is 67.7 Å². The highest BCUT2D eigenvalue weighted by Gasteiger charge is 2.46. The van der Waals surface area contributed by atoms with Crippen molar-refractivity contribution in [3.63, 3.8) is 0 Å². The van der Waals surface area contributed by atoms with Crippen molar-refractivity contribution in [2.75, 3.05) is 55.9 Å². The minimum atomic E-state index is -5.18. The quantitative estimate of drug-likeness (QED) is 0.119. The van der Waals surface area contributed by atoms with Crippen LogP contribution >= 0.6 is 0 Å². The van der Waals surface area contributed by atoms with Gasteiger partial charge in [0.25, 0.3) is 10.1 Å². The molecule has 12 unspecified atom stereocenters. The summed E-state index contributed by atoms with van der Waals surface area (Å²) < 4.78 is 64.5. The molecule has 0 bridgehead atoms. The number of carbonyl (C=O) groups is 11. The number of nitrogens with zero attached hydrogens (tertiary/aromatic N) is 8. The van der Waals surface area contributed by atoms with Crippen molar-refractivity contribution in [1.82, 2.24) is 65.5 Å². The number of hydrogen-bond donors (Lipinski definition) is 7. The molecule has 28 nitrogen and oxygen atoms in total. The second kappa shape index (κ2) is 35.4. The highest BCUT2D eigenvalue weighted by molar-refractivity contribution is 7.86. The second-order valence-corrected chi connectivity index (χ2v) is 29.9. The molecule has 97 heavy (non-hydrogen) atoms. The lowest BCUT2D eigenvalue weighted by Crippen LogP contribution is -2.63. The normalized spacial score (nSPS) is 25.2. The van der Waals surface area contributed by atoms with Crippen LogP contribution in [0.1, 0.15) is 149 Å². The highest BCUT2D eigenvalue weighted by atomic mass is 32.2. The van der Waals surface area contributed by atoms with Gasteiger partial charge in [-0.05, 0) is 87.4 Å². The van der Waals surface area contributed by atoms with Crippen LogP contribution in [0.5, 0.6) is 0 Å². The van der Waals surface area contributed by atoms with Crippen molar-refractivity contribution in [2.24, 2.45) is 41.4 Å². The van der Waals surface area contributed by atoms with Gasteiger partial charge in [0.2, 0.25) is 65.0 Å². The fourth-order valence-electron chi connectivity index (χ4n) is 12.0. The van der Waals surface area contributed by atoms with E-state index in [0.29, 0.717) is 0 Å². The van der Waals surface area contributed by atoms with Gasteiger partial charge >= 0.3 is 0 Å². The maximum atomic E-state index is 15.4. The molecule has 1 aliphatic heterocycles. The Hall–Kier alpha value is -7.41. The van der Waals surface area contributed by atoms with E-state index in [1.54, 1.807) is 41.5 Å². The molecule has 1 aromatic heterocycles. The number of amides is 11. The number of benzene rings is 1. The van der Waals surface area contributed by atoms with Crippen molar-refractivity contribution < 1.29 is 79.6 Å². The maximum absolute atomic E-state index is 15.4. The Morgan fingerprint density at radius 2 is 0.979 bits per heavy atom. The number of likely N-dealkylation sites (N-methyl/N-ethyl adjacent to an activating group) is 7. The molecule has 1 saturated heterocycles. The van der Waals surface area contributed by atoms with Gasteiger partial charge in [0, 0.05) is 61.8 Å². The Balaban J connectivity index is 2.37. The monoisotopic (exact) mass is 1390 g/mol. The van der Waals surface area contributed by atoms with Crippen molar-refractivity contribution in [1.29, 1.82) is 0 Å². The number of rotatable bonds is 16. The standard InChI is InChI=1S/C66H109F2N13O15S/c1-24-42-62(89)75(17)31-49(82)76(18)43(25-32(2)3)59(86)74-51(36(10)11)65(92)77(19)44(26-33(4)5)58(85)69-39(15)57(84)70-40(16)61(88)78(20)45(27-34(6)7)63(90)79(21)46(28-35(8)9)64(91)80(22)54(37(12)13)66(93)81(23)55(60(87)71-42)56(83)38(14)29-48-72-52-47(97(94,95)96)30-41(67)50(68)53(52)73-48/h30,32-40,42-46,51,54-56,83H,24-29,31H2,1-23H3,(H,69,85)(H,70,84)(H,71,87)(H,72,73)(H,74,86)(H,94,95,96). The average molecular weight is 1390 g/mol. The van der Waals surface area contributed by atoms with Crippen LogP contribution in [0.25, 0.3) is 11.0 Å². The summed E-state index contributed by atoms with van der Waals surface area (Å²) >= 11 is 0. The Morgan fingerprint density at radius 1 is 0.536 bits per heavy atom. The number of hydrogen-bond acceptors (Lipinski definition) is 15. The van der Waals surface area contributed by atoms with Crippen LogP contribution in [-0.2, 0) is 69.3 Å². The van der Waals surface area contributed by atoms with Crippen LogP contribution in [0.3, 0.4) is 0 Å². The van der Waals surface area contributed by atoms with Crippen LogP contribution in [-0.4, -0.2) is 250 Å². The first kappa shape index (κ1) is 83.8. The number of nitrogens with one attached hydrogen (secondary N) is 5. The summed E-state index contributed by atoms with van der Waals surface area (Å²) in [6.45, 7) is 26.2. The van der Waals surface area contributed by atoms with Gasteiger partial charge in [-0.25, -0.2) is 13.8 Å². The number of aliphatic hydroxyl groups is 1. The minimum absolute atomic E-state index is 0.0320. The first-order valence-corrected chi connectivity index (χ1v) is 34.7. The lowest BCUT2D eigenvalue weighted by molar-refractivity contribution is -0.157. The Kier molecular flexibility index (Phi) is 30.6. The molecule has 1 aliphatic rings. The van der Waals surface area contributed by atoms with Gasteiger partial charge in [0.05, 0.1) is 12.6 Å². The molecule has 0 saturated carbocycles. The van der Waals surface area contributed by atoms with Crippen LogP contribution in [0.4, 0.5) is 8.78 Å². The fraction of sp³-hybridized carbons (Fsp3) is 0.727. The second-order valence-electron chi connectivity index (χ2n) is 28.5. The summed E-state index contributed by atoms with van der Waals surface area (Å²) in [6.07, 6.45) is -2.28. The van der Waals surface area contributed by atoms with Crippen LogP contribution in [0, 0.1) is 53.1 Å².